The number of benzene rings is 2. The van der Waals surface area contributed by atoms with E-state index >= 15 is 0 Å². The number of aryl methyl sites for hydroxylation is 2. The van der Waals surface area contributed by atoms with Gasteiger partial charge in [0.1, 0.15) is 12.4 Å². The average Bonchev–Trinajstić information content (AvgIpc) is 2.53. The van der Waals surface area contributed by atoms with Gasteiger partial charge in [0.25, 0.3) is 0 Å². The number of sulfonamides is 2. The van der Waals surface area contributed by atoms with Crippen LogP contribution in [0.3, 0.4) is 0 Å². The minimum absolute atomic E-state index is 0.106. The highest BCUT2D eigenvalue weighted by atomic mass is 32.2. The van der Waals surface area contributed by atoms with Crippen LogP contribution < -0.4 is 9.88 Å². The summed E-state index contributed by atoms with van der Waals surface area (Å²) in [5.41, 5.74) is 2.11. The summed E-state index contributed by atoms with van der Waals surface area (Å²) in [5.74, 6) is 0.671. The van der Waals surface area contributed by atoms with Gasteiger partial charge in [-0.3, -0.25) is 0 Å². The van der Waals surface area contributed by atoms with Gasteiger partial charge in [-0.15, -0.1) is 0 Å². The van der Waals surface area contributed by atoms with Gasteiger partial charge in [-0.05, 0) is 55.3 Å². The van der Waals surface area contributed by atoms with Crippen LogP contribution in [0, 0.1) is 13.8 Å². The van der Waals surface area contributed by atoms with Crippen LogP contribution in [0.1, 0.15) is 11.1 Å². The van der Waals surface area contributed by atoms with Gasteiger partial charge in [-0.1, -0.05) is 12.1 Å². The summed E-state index contributed by atoms with van der Waals surface area (Å²) in [6.45, 7) is 4.17. The molecule has 0 amide bonds. The standard InChI is InChI=1S/C17H22N2O5S2/c1-13-9-14(2)11-15(10-13)24-8-7-19(3)26(22,23)17-6-4-5-16(12-17)25(18,20)21/h4-6,9-12H,7-8H2,1-3H3,(H2,18,20,21). The van der Waals surface area contributed by atoms with Crippen molar-refractivity contribution in [1.82, 2.24) is 4.31 Å². The van der Waals surface area contributed by atoms with Gasteiger partial charge in [-0.25, -0.2) is 22.0 Å². The van der Waals surface area contributed by atoms with Crippen molar-refractivity contribution >= 4 is 20.0 Å². The molecule has 9 heteroatoms. The maximum absolute atomic E-state index is 12.6. The Bertz CT molecular complexity index is 981. The van der Waals surface area contributed by atoms with Crippen molar-refractivity contribution in [3.8, 4) is 5.75 Å². The van der Waals surface area contributed by atoms with Crippen LogP contribution in [0.2, 0.25) is 0 Å². The molecule has 0 spiro atoms. The van der Waals surface area contributed by atoms with Crippen LogP contribution in [-0.2, 0) is 20.0 Å². The number of hydrogen-bond donors (Lipinski definition) is 1. The minimum Gasteiger partial charge on any atom is -0.492 e. The van der Waals surface area contributed by atoms with Crippen molar-refractivity contribution in [1.29, 1.82) is 0 Å². The lowest BCUT2D eigenvalue weighted by Gasteiger charge is -2.18. The predicted molar refractivity (Wildman–Crippen MR) is 99.0 cm³/mol. The van der Waals surface area contributed by atoms with Crippen LogP contribution in [-0.4, -0.2) is 41.3 Å². The van der Waals surface area contributed by atoms with Crippen LogP contribution in [0.4, 0.5) is 0 Å². The zero-order chi connectivity index (χ0) is 19.5. The maximum Gasteiger partial charge on any atom is 0.242 e. The van der Waals surface area contributed by atoms with Gasteiger partial charge in [0.15, 0.2) is 0 Å². The Morgan fingerprint density at radius 3 is 2.12 bits per heavy atom. The highest BCUT2D eigenvalue weighted by Crippen LogP contribution is 2.19. The fourth-order valence-corrected chi connectivity index (χ4v) is 4.26. The average molecular weight is 399 g/mol. The van der Waals surface area contributed by atoms with E-state index in [2.05, 4.69) is 0 Å². The molecule has 0 bridgehead atoms. The number of primary sulfonamides is 1. The van der Waals surface area contributed by atoms with Crippen LogP contribution in [0.5, 0.6) is 5.75 Å². The highest BCUT2D eigenvalue weighted by Gasteiger charge is 2.22. The molecule has 0 aliphatic heterocycles. The normalized spacial score (nSPS) is 12.3. The zero-order valence-electron chi connectivity index (χ0n) is 14.8. The Balaban J connectivity index is 2.09. The van der Waals surface area contributed by atoms with E-state index in [0.29, 0.717) is 5.75 Å². The number of nitrogens with two attached hydrogens (primary N) is 1. The Hall–Kier alpha value is -1.94. The van der Waals surface area contributed by atoms with Crippen molar-refractivity contribution < 1.29 is 21.6 Å². The number of likely N-dealkylation sites (N-methyl/N-ethyl adjacent to an activating group) is 1. The quantitative estimate of drug-likeness (QED) is 0.763. The minimum atomic E-state index is -3.98. The van der Waals surface area contributed by atoms with Gasteiger partial charge in [-0.2, -0.15) is 4.31 Å². The van der Waals surface area contributed by atoms with E-state index in [0.717, 1.165) is 21.5 Å². The topological polar surface area (TPSA) is 107 Å². The molecule has 2 aromatic rings. The third-order valence-electron chi connectivity index (χ3n) is 3.71. The summed E-state index contributed by atoms with van der Waals surface area (Å²) >= 11 is 0. The van der Waals surface area contributed by atoms with E-state index in [-0.39, 0.29) is 22.9 Å². The Morgan fingerprint density at radius 2 is 1.54 bits per heavy atom. The molecule has 26 heavy (non-hydrogen) atoms. The fourth-order valence-electron chi connectivity index (χ4n) is 2.42. The molecule has 0 radical (unpaired) electrons. The summed E-state index contributed by atoms with van der Waals surface area (Å²) < 4.78 is 54.8. The molecule has 0 fully saturated rings. The van der Waals surface area contributed by atoms with E-state index in [1.165, 1.54) is 25.2 Å². The lowest BCUT2D eigenvalue weighted by Crippen LogP contribution is -2.31. The van der Waals surface area contributed by atoms with E-state index in [9.17, 15) is 16.8 Å². The summed E-state index contributed by atoms with van der Waals surface area (Å²) in [4.78, 5) is -0.392. The first-order valence-corrected chi connectivity index (χ1v) is 10.8. The summed E-state index contributed by atoms with van der Waals surface area (Å²) in [7, 11) is -6.43. The van der Waals surface area contributed by atoms with Crippen LogP contribution in [0.25, 0.3) is 0 Å². The molecule has 7 nitrogen and oxygen atoms in total. The molecule has 0 unspecified atom stereocenters. The first-order chi connectivity index (χ1) is 12.0. The number of hydrogen-bond acceptors (Lipinski definition) is 5. The lowest BCUT2D eigenvalue weighted by atomic mass is 10.1. The molecule has 0 saturated heterocycles. The maximum atomic E-state index is 12.6. The van der Waals surface area contributed by atoms with Crippen molar-refractivity contribution in [2.45, 2.75) is 23.6 Å². The third-order valence-corrected chi connectivity index (χ3v) is 6.48. The molecule has 0 saturated carbocycles. The van der Waals surface area contributed by atoms with Crippen LogP contribution in [0.15, 0.2) is 52.3 Å². The zero-order valence-corrected chi connectivity index (χ0v) is 16.5. The van der Waals surface area contributed by atoms with Crippen molar-refractivity contribution in [3.05, 3.63) is 53.6 Å². The van der Waals surface area contributed by atoms with Gasteiger partial charge >= 0.3 is 0 Å². The molecule has 0 atom stereocenters. The van der Waals surface area contributed by atoms with Crippen molar-refractivity contribution in [2.75, 3.05) is 20.2 Å². The van der Waals surface area contributed by atoms with Crippen LogP contribution >= 0.6 is 0 Å². The highest BCUT2D eigenvalue weighted by molar-refractivity contribution is 7.90. The smallest absolute Gasteiger partial charge is 0.242 e. The molecule has 2 aromatic carbocycles. The van der Waals surface area contributed by atoms with Crippen molar-refractivity contribution in [2.24, 2.45) is 5.14 Å². The second-order valence-corrected chi connectivity index (χ2v) is 9.62. The molecule has 2 rings (SSSR count). The van der Waals surface area contributed by atoms with E-state index in [1.807, 2.05) is 32.0 Å². The SMILES string of the molecule is Cc1cc(C)cc(OCCN(C)S(=O)(=O)c2cccc(S(N)(=O)=O)c2)c1. The Morgan fingerprint density at radius 1 is 0.962 bits per heavy atom. The number of nitrogens with zero attached hydrogens (tertiary/aromatic N) is 1. The largest absolute Gasteiger partial charge is 0.492 e. The molecule has 0 heterocycles. The monoisotopic (exact) mass is 398 g/mol. The van der Waals surface area contributed by atoms with E-state index in [1.54, 1.807) is 0 Å². The molecular formula is C17H22N2O5S2. The summed E-state index contributed by atoms with van der Waals surface area (Å²) in [6, 6.07) is 10.7. The fraction of sp³-hybridized carbons (Fsp3) is 0.294. The number of rotatable bonds is 7. The second-order valence-electron chi connectivity index (χ2n) is 6.02. The molecule has 2 N–H and O–H groups in total. The van der Waals surface area contributed by atoms with Gasteiger partial charge in [0, 0.05) is 13.6 Å². The molecule has 0 aromatic heterocycles. The first kappa shape index (κ1) is 20.4. The Kier molecular flexibility index (Phi) is 6.07. The molecular weight excluding hydrogens is 376 g/mol. The molecule has 0 aliphatic rings. The number of ether oxygens (including phenoxy) is 1. The molecule has 142 valence electrons. The van der Waals surface area contributed by atoms with Gasteiger partial charge in [0.05, 0.1) is 9.79 Å². The predicted octanol–water partition coefficient (Wildman–Crippen LogP) is 1.65. The van der Waals surface area contributed by atoms with Gasteiger partial charge < -0.3 is 4.74 Å². The third kappa shape index (κ3) is 5.04. The Labute approximate surface area is 154 Å². The van der Waals surface area contributed by atoms with Crippen molar-refractivity contribution in [3.63, 3.8) is 0 Å². The summed E-state index contributed by atoms with van der Waals surface area (Å²) in [5, 5.41) is 5.06. The second kappa shape index (κ2) is 7.75. The van der Waals surface area contributed by atoms with E-state index < -0.39 is 20.0 Å². The van der Waals surface area contributed by atoms with E-state index in [4.69, 9.17) is 9.88 Å². The first-order valence-electron chi connectivity index (χ1n) is 7.80. The molecule has 0 aliphatic carbocycles. The van der Waals surface area contributed by atoms with Gasteiger partial charge in [0.2, 0.25) is 20.0 Å². The summed E-state index contributed by atoms with van der Waals surface area (Å²) in [6.07, 6.45) is 0. The lowest BCUT2D eigenvalue weighted by molar-refractivity contribution is 0.286.